The number of rotatable bonds is 4. The quantitative estimate of drug-likeness (QED) is 0.425. The van der Waals surface area contributed by atoms with Crippen molar-refractivity contribution in [1.29, 1.82) is 0 Å². The van der Waals surface area contributed by atoms with Crippen LogP contribution in [0.25, 0.3) is 0 Å². The first-order valence-corrected chi connectivity index (χ1v) is 8.24. The average molecular weight is 378 g/mol. The SMILES string of the molecule is C=C(C)C1CC(C(=O)NO)=C(C)C(=O)C1N(C(N)=O)c1cccc(Cl)c1. The molecule has 2 unspecified atom stereocenters. The van der Waals surface area contributed by atoms with Gasteiger partial charge in [0.1, 0.15) is 6.04 Å². The van der Waals surface area contributed by atoms with E-state index < -0.39 is 29.7 Å². The monoisotopic (exact) mass is 377 g/mol. The Morgan fingerprint density at radius 2 is 2.08 bits per heavy atom. The Balaban J connectivity index is 2.61. The predicted octanol–water partition coefficient (Wildman–Crippen LogP) is 2.58. The number of amides is 3. The van der Waals surface area contributed by atoms with E-state index >= 15 is 0 Å². The third-order valence-electron chi connectivity index (χ3n) is 4.51. The van der Waals surface area contributed by atoms with Crippen LogP contribution < -0.4 is 16.1 Å². The first-order chi connectivity index (χ1) is 12.2. The molecule has 3 amide bonds. The number of hydrogen-bond acceptors (Lipinski definition) is 4. The number of anilines is 1. The molecule has 0 spiro atoms. The Morgan fingerprint density at radius 1 is 1.42 bits per heavy atom. The fourth-order valence-electron chi connectivity index (χ4n) is 3.16. The summed E-state index contributed by atoms with van der Waals surface area (Å²) in [5, 5.41) is 9.31. The Morgan fingerprint density at radius 3 is 2.58 bits per heavy atom. The topological polar surface area (TPSA) is 113 Å². The lowest BCUT2D eigenvalue weighted by Crippen LogP contribution is -2.54. The minimum absolute atomic E-state index is 0.133. The molecule has 2 atom stereocenters. The van der Waals surface area contributed by atoms with Crippen molar-refractivity contribution < 1.29 is 19.6 Å². The number of hydrogen-bond donors (Lipinski definition) is 3. The second kappa shape index (κ2) is 7.72. The summed E-state index contributed by atoms with van der Waals surface area (Å²) in [7, 11) is 0. The highest BCUT2D eigenvalue weighted by Crippen LogP contribution is 2.36. The number of Topliss-reactive ketones (excluding diaryl/α,β-unsaturated/α-hetero) is 1. The third kappa shape index (κ3) is 3.63. The molecule has 4 N–H and O–H groups in total. The molecule has 0 radical (unpaired) electrons. The van der Waals surface area contributed by atoms with E-state index in [1.54, 1.807) is 30.6 Å². The fourth-order valence-corrected chi connectivity index (χ4v) is 3.34. The number of benzene rings is 1. The highest BCUT2D eigenvalue weighted by Gasteiger charge is 2.43. The first-order valence-electron chi connectivity index (χ1n) is 7.87. The summed E-state index contributed by atoms with van der Waals surface area (Å²) in [6.07, 6.45) is 0.133. The largest absolute Gasteiger partial charge is 0.351 e. The van der Waals surface area contributed by atoms with Crippen molar-refractivity contribution in [1.82, 2.24) is 5.48 Å². The van der Waals surface area contributed by atoms with Crippen molar-refractivity contribution in [3.8, 4) is 0 Å². The smallest absolute Gasteiger partial charge is 0.319 e. The number of nitrogens with one attached hydrogen (secondary N) is 1. The molecule has 2 rings (SSSR count). The first kappa shape index (κ1) is 19.7. The summed E-state index contributed by atoms with van der Waals surface area (Å²) < 4.78 is 0. The van der Waals surface area contributed by atoms with Gasteiger partial charge in [-0.2, -0.15) is 0 Å². The zero-order chi connectivity index (χ0) is 19.6. The van der Waals surface area contributed by atoms with Crippen LogP contribution in [-0.2, 0) is 9.59 Å². The molecule has 8 heteroatoms. The lowest BCUT2D eigenvalue weighted by atomic mass is 9.75. The number of primary amides is 1. The molecule has 1 aliphatic carbocycles. The molecule has 1 aromatic carbocycles. The van der Waals surface area contributed by atoms with Gasteiger partial charge in [-0.05, 0) is 38.5 Å². The van der Waals surface area contributed by atoms with Crippen LogP contribution in [0.2, 0.25) is 5.02 Å². The Kier molecular flexibility index (Phi) is 5.84. The van der Waals surface area contributed by atoms with Gasteiger partial charge >= 0.3 is 6.03 Å². The van der Waals surface area contributed by atoms with E-state index in [0.717, 1.165) is 0 Å². The summed E-state index contributed by atoms with van der Waals surface area (Å²) in [5.74, 6) is -1.75. The highest BCUT2D eigenvalue weighted by atomic mass is 35.5. The molecule has 0 saturated carbocycles. The van der Waals surface area contributed by atoms with E-state index in [1.165, 1.54) is 17.9 Å². The Hall–Kier alpha value is -2.64. The standard InChI is InChI=1S/C18H20ClN3O4/c1-9(2)13-8-14(17(24)21-26)10(3)16(23)15(13)22(18(20)25)12-6-4-5-11(19)7-12/h4-7,13,15,26H,1,8H2,2-3H3,(H2,20,25)(H,21,24). The highest BCUT2D eigenvalue weighted by molar-refractivity contribution is 6.31. The number of nitrogens with zero attached hydrogens (tertiary/aromatic N) is 1. The summed E-state index contributed by atoms with van der Waals surface area (Å²) >= 11 is 6.01. The van der Waals surface area contributed by atoms with Crippen molar-refractivity contribution in [3.63, 3.8) is 0 Å². The van der Waals surface area contributed by atoms with Gasteiger partial charge in [0.15, 0.2) is 5.78 Å². The van der Waals surface area contributed by atoms with Crippen molar-refractivity contribution in [3.05, 3.63) is 52.6 Å². The maximum Gasteiger partial charge on any atom is 0.319 e. The van der Waals surface area contributed by atoms with E-state index in [9.17, 15) is 14.4 Å². The second-order valence-electron chi connectivity index (χ2n) is 6.20. The summed E-state index contributed by atoms with van der Waals surface area (Å²) in [5.41, 5.74) is 8.40. The van der Waals surface area contributed by atoms with E-state index in [1.807, 2.05) is 0 Å². The van der Waals surface area contributed by atoms with Crippen LogP contribution in [-0.4, -0.2) is 29.0 Å². The van der Waals surface area contributed by atoms with Gasteiger partial charge in [-0.25, -0.2) is 10.3 Å². The van der Waals surface area contributed by atoms with E-state index in [2.05, 4.69) is 6.58 Å². The number of urea groups is 1. The minimum atomic E-state index is -0.960. The minimum Gasteiger partial charge on any atom is -0.351 e. The van der Waals surface area contributed by atoms with Gasteiger partial charge in [0.05, 0.1) is 0 Å². The molecule has 138 valence electrons. The summed E-state index contributed by atoms with van der Waals surface area (Å²) in [4.78, 5) is 38.3. The zero-order valence-electron chi connectivity index (χ0n) is 14.5. The van der Waals surface area contributed by atoms with Crippen LogP contribution in [0.4, 0.5) is 10.5 Å². The molecule has 0 heterocycles. The molecule has 0 saturated heterocycles. The van der Waals surface area contributed by atoms with Gasteiger partial charge in [0, 0.05) is 27.8 Å². The van der Waals surface area contributed by atoms with E-state index in [0.29, 0.717) is 16.3 Å². The molecule has 0 aliphatic heterocycles. The molecule has 0 fully saturated rings. The van der Waals surface area contributed by atoms with Crippen molar-refractivity contribution in [2.75, 3.05) is 4.90 Å². The molecule has 0 aromatic heterocycles. The fraction of sp³-hybridized carbons (Fsp3) is 0.278. The molecule has 26 heavy (non-hydrogen) atoms. The summed E-state index contributed by atoms with van der Waals surface area (Å²) in [6.45, 7) is 7.07. The third-order valence-corrected chi connectivity index (χ3v) is 4.74. The number of carbonyl (C=O) groups is 3. The van der Waals surface area contributed by atoms with E-state index in [-0.39, 0.29) is 17.6 Å². The van der Waals surface area contributed by atoms with E-state index in [4.69, 9.17) is 22.5 Å². The van der Waals surface area contributed by atoms with Crippen molar-refractivity contribution in [2.45, 2.75) is 26.3 Å². The lowest BCUT2D eigenvalue weighted by molar-refractivity contribution is -0.127. The number of nitrogens with two attached hydrogens (primary N) is 1. The number of carbonyl (C=O) groups excluding carboxylic acids is 3. The molecule has 1 aromatic rings. The Labute approximate surface area is 156 Å². The van der Waals surface area contributed by atoms with Crippen LogP contribution in [0.15, 0.2) is 47.6 Å². The van der Waals surface area contributed by atoms with Crippen LogP contribution in [0.5, 0.6) is 0 Å². The summed E-state index contributed by atoms with van der Waals surface area (Å²) in [6, 6.07) is 4.65. The van der Waals surface area contributed by atoms with Gasteiger partial charge in [-0.3, -0.25) is 19.7 Å². The maximum atomic E-state index is 13.0. The number of ketones is 1. The predicted molar refractivity (Wildman–Crippen MR) is 97.9 cm³/mol. The van der Waals surface area contributed by atoms with Gasteiger partial charge in [-0.15, -0.1) is 0 Å². The normalized spacial score (nSPS) is 19.9. The molecule has 0 bridgehead atoms. The second-order valence-corrected chi connectivity index (χ2v) is 6.64. The maximum absolute atomic E-state index is 13.0. The zero-order valence-corrected chi connectivity index (χ0v) is 15.2. The van der Waals surface area contributed by atoms with Crippen LogP contribution >= 0.6 is 11.6 Å². The number of halogens is 1. The van der Waals surface area contributed by atoms with Crippen LogP contribution in [0.1, 0.15) is 20.3 Å². The van der Waals surface area contributed by atoms with Crippen molar-refractivity contribution in [2.24, 2.45) is 11.7 Å². The number of hydroxylamine groups is 1. The van der Waals surface area contributed by atoms with Crippen LogP contribution in [0, 0.1) is 5.92 Å². The molecular formula is C18H20ClN3O4. The van der Waals surface area contributed by atoms with Crippen molar-refractivity contribution >= 4 is 35.0 Å². The van der Waals surface area contributed by atoms with Gasteiger partial charge in [0.2, 0.25) is 0 Å². The van der Waals surface area contributed by atoms with Gasteiger partial charge in [0.25, 0.3) is 5.91 Å². The van der Waals surface area contributed by atoms with Gasteiger partial charge in [-0.1, -0.05) is 29.8 Å². The molecule has 7 nitrogen and oxygen atoms in total. The van der Waals surface area contributed by atoms with Crippen LogP contribution in [0.3, 0.4) is 0 Å². The molecule has 1 aliphatic rings. The Bertz CT molecular complexity index is 818. The van der Waals surface area contributed by atoms with Gasteiger partial charge < -0.3 is 5.73 Å². The average Bonchev–Trinajstić information content (AvgIpc) is 2.58. The molecular weight excluding hydrogens is 358 g/mol. The lowest BCUT2D eigenvalue weighted by Gasteiger charge is -2.39.